The van der Waals surface area contributed by atoms with Gasteiger partial charge in [0.2, 0.25) is 0 Å². The number of aromatic nitrogens is 1. The lowest BCUT2D eigenvalue weighted by Gasteiger charge is -2.06. The fraction of sp³-hybridized carbons (Fsp3) is 0.143. The number of rotatable bonds is 0. The average molecular weight is 249 g/mol. The number of aryl methyl sites for hydroxylation is 1. The Balaban J connectivity index is 2.44. The van der Waals surface area contributed by atoms with Crippen molar-refractivity contribution in [2.24, 2.45) is 7.05 Å². The fourth-order valence-corrected chi connectivity index (χ4v) is 2.34. The van der Waals surface area contributed by atoms with Crippen LogP contribution in [-0.4, -0.2) is 4.57 Å². The van der Waals surface area contributed by atoms with Gasteiger partial charge < -0.3 is 4.57 Å². The highest BCUT2D eigenvalue weighted by Crippen LogP contribution is 2.34. The van der Waals surface area contributed by atoms with Crippen molar-refractivity contribution in [2.75, 3.05) is 0 Å². The van der Waals surface area contributed by atoms with E-state index in [1.807, 2.05) is 35.9 Å². The topological polar surface area (TPSA) is 4.93 Å². The molecule has 1 heterocycles. The Morgan fingerprint density at radius 1 is 0.889 bits per heavy atom. The molecule has 0 radical (unpaired) electrons. The predicted octanol–water partition coefficient (Wildman–Crippen LogP) is 4.35. The summed E-state index contributed by atoms with van der Waals surface area (Å²) in [6.45, 7) is 0. The van der Waals surface area contributed by atoms with Crippen LogP contribution in [-0.2, 0) is 13.2 Å². The van der Waals surface area contributed by atoms with Gasteiger partial charge in [0.25, 0.3) is 0 Å². The van der Waals surface area contributed by atoms with Crippen molar-refractivity contribution in [3.8, 4) is 0 Å². The largest absolute Gasteiger partial charge is 0.416 e. The van der Waals surface area contributed by atoms with E-state index in [0.29, 0.717) is 5.39 Å². The number of hydrogen-bond acceptors (Lipinski definition) is 0. The lowest BCUT2D eigenvalue weighted by Crippen LogP contribution is -2.04. The zero-order chi connectivity index (χ0) is 12.9. The Morgan fingerprint density at radius 3 is 2.28 bits per heavy atom. The molecule has 0 aliphatic carbocycles. The van der Waals surface area contributed by atoms with E-state index in [-0.39, 0.29) is 0 Å². The van der Waals surface area contributed by atoms with E-state index in [1.165, 1.54) is 12.1 Å². The predicted molar refractivity (Wildman–Crippen MR) is 65.4 cm³/mol. The number of benzene rings is 2. The standard InChI is InChI=1S/C14H10F3N/c1-18-12-5-3-2-4-10(12)11-8-9(14(15,16)17)6-7-13(11)18/h2-8H,1H3. The summed E-state index contributed by atoms with van der Waals surface area (Å²) in [5.74, 6) is 0. The Bertz CT molecular complexity index is 738. The second-order valence-corrected chi connectivity index (χ2v) is 4.31. The molecule has 0 saturated heterocycles. The number of nitrogens with zero attached hydrogens (tertiary/aromatic N) is 1. The van der Waals surface area contributed by atoms with Crippen LogP contribution >= 0.6 is 0 Å². The van der Waals surface area contributed by atoms with Crippen molar-refractivity contribution in [3.05, 3.63) is 48.0 Å². The molecule has 0 aliphatic rings. The van der Waals surface area contributed by atoms with E-state index in [1.54, 1.807) is 0 Å². The Morgan fingerprint density at radius 2 is 1.56 bits per heavy atom. The number of hydrogen-bond donors (Lipinski definition) is 0. The van der Waals surface area contributed by atoms with Crippen LogP contribution in [0.15, 0.2) is 42.5 Å². The van der Waals surface area contributed by atoms with Gasteiger partial charge >= 0.3 is 6.18 Å². The molecule has 0 fully saturated rings. The van der Waals surface area contributed by atoms with Crippen LogP contribution in [0.4, 0.5) is 13.2 Å². The summed E-state index contributed by atoms with van der Waals surface area (Å²) in [6, 6.07) is 11.3. The van der Waals surface area contributed by atoms with Gasteiger partial charge in [-0.1, -0.05) is 18.2 Å². The van der Waals surface area contributed by atoms with Crippen LogP contribution in [0.25, 0.3) is 21.8 Å². The molecule has 0 atom stereocenters. The van der Waals surface area contributed by atoms with Gasteiger partial charge in [-0.25, -0.2) is 0 Å². The molecular weight excluding hydrogens is 239 g/mol. The average Bonchev–Trinajstić information content (AvgIpc) is 2.63. The van der Waals surface area contributed by atoms with E-state index in [9.17, 15) is 13.2 Å². The molecule has 0 spiro atoms. The summed E-state index contributed by atoms with van der Waals surface area (Å²) in [7, 11) is 1.86. The number of para-hydroxylation sites is 1. The van der Waals surface area contributed by atoms with Crippen molar-refractivity contribution >= 4 is 21.8 Å². The van der Waals surface area contributed by atoms with Crippen molar-refractivity contribution in [1.29, 1.82) is 0 Å². The van der Waals surface area contributed by atoms with Crippen molar-refractivity contribution in [1.82, 2.24) is 4.57 Å². The Hall–Kier alpha value is -1.97. The van der Waals surface area contributed by atoms with Gasteiger partial charge in [-0.2, -0.15) is 13.2 Å². The highest BCUT2D eigenvalue weighted by molar-refractivity contribution is 6.08. The maximum absolute atomic E-state index is 12.7. The molecule has 0 N–H and O–H groups in total. The Labute approximate surface area is 101 Å². The fourth-order valence-electron chi connectivity index (χ4n) is 2.34. The molecule has 1 nitrogen and oxygen atoms in total. The summed E-state index contributed by atoms with van der Waals surface area (Å²) >= 11 is 0. The van der Waals surface area contributed by atoms with Gasteiger partial charge in [0.15, 0.2) is 0 Å². The third-order valence-corrected chi connectivity index (χ3v) is 3.24. The maximum Gasteiger partial charge on any atom is 0.416 e. The van der Waals surface area contributed by atoms with Gasteiger partial charge in [0, 0.05) is 28.9 Å². The van der Waals surface area contributed by atoms with E-state index in [4.69, 9.17) is 0 Å². The molecule has 2 aromatic carbocycles. The molecule has 0 unspecified atom stereocenters. The molecule has 92 valence electrons. The van der Waals surface area contributed by atoms with Gasteiger partial charge in [0.05, 0.1) is 5.56 Å². The molecular formula is C14H10F3N. The van der Waals surface area contributed by atoms with Gasteiger partial charge in [-0.3, -0.25) is 0 Å². The smallest absolute Gasteiger partial charge is 0.344 e. The minimum Gasteiger partial charge on any atom is -0.344 e. The molecule has 18 heavy (non-hydrogen) atoms. The monoisotopic (exact) mass is 249 g/mol. The highest BCUT2D eigenvalue weighted by atomic mass is 19.4. The van der Waals surface area contributed by atoms with Crippen LogP contribution in [0.2, 0.25) is 0 Å². The van der Waals surface area contributed by atoms with Crippen LogP contribution in [0, 0.1) is 0 Å². The molecule has 0 bridgehead atoms. The number of alkyl halides is 3. The van der Waals surface area contributed by atoms with Crippen LogP contribution < -0.4 is 0 Å². The quantitative estimate of drug-likeness (QED) is 0.558. The first-order valence-corrected chi connectivity index (χ1v) is 5.53. The zero-order valence-electron chi connectivity index (χ0n) is 9.62. The van der Waals surface area contributed by atoms with E-state index >= 15 is 0 Å². The molecule has 4 heteroatoms. The van der Waals surface area contributed by atoms with Crippen molar-refractivity contribution in [2.45, 2.75) is 6.18 Å². The SMILES string of the molecule is Cn1c2ccccc2c2cc(C(F)(F)F)ccc21. The van der Waals surface area contributed by atoms with Crippen LogP contribution in [0.5, 0.6) is 0 Å². The molecule has 3 aromatic rings. The normalized spacial score (nSPS) is 12.4. The third-order valence-electron chi connectivity index (χ3n) is 3.24. The Kier molecular flexibility index (Phi) is 2.17. The second-order valence-electron chi connectivity index (χ2n) is 4.31. The molecule has 0 aliphatic heterocycles. The number of fused-ring (bicyclic) bond motifs is 3. The highest BCUT2D eigenvalue weighted by Gasteiger charge is 2.30. The van der Waals surface area contributed by atoms with Crippen molar-refractivity contribution < 1.29 is 13.2 Å². The van der Waals surface area contributed by atoms with Gasteiger partial charge in [-0.15, -0.1) is 0 Å². The first-order chi connectivity index (χ1) is 8.48. The molecule has 0 saturated carbocycles. The third kappa shape index (κ3) is 1.49. The molecule has 3 rings (SSSR count). The lowest BCUT2D eigenvalue weighted by molar-refractivity contribution is -0.137. The molecule has 1 aromatic heterocycles. The first-order valence-electron chi connectivity index (χ1n) is 5.53. The summed E-state index contributed by atoms with van der Waals surface area (Å²) in [5.41, 5.74) is 1.14. The van der Waals surface area contributed by atoms with Gasteiger partial charge in [0.1, 0.15) is 0 Å². The lowest BCUT2D eigenvalue weighted by atomic mass is 10.1. The molecule has 0 amide bonds. The first kappa shape index (κ1) is 11.1. The zero-order valence-corrected chi connectivity index (χ0v) is 9.62. The summed E-state index contributed by atoms with van der Waals surface area (Å²) < 4.78 is 40.1. The van der Waals surface area contributed by atoms with Crippen LogP contribution in [0.3, 0.4) is 0 Å². The van der Waals surface area contributed by atoms with Gasteiger partial charge in [-0.05, 0) is 24.3 Å². The minimum atomic E-state index is -4.30. The van der Waals surface area contributed by atoms with E-state index in [2.05, 4.69) is 0 Å². The number of halogens is 3. The van der Waals surface area contributed by atoms with E-state index < -0.39 is 11.7 Å². The van der Waals surface area contributed by atoms with Crippen molar-refractivity contribution in [3.63, 3.8) is 0 Å². The summed E-state index contributed by atoms with van der Waals surface area (Å²) in [5, 5.41) is 1.49. The summed E-state index contributed by atoms with van der Waals surface area (Å²) in [4.78, 5) is 0. The second kappa shape index (κ2) is 3.51. The maximum atomic E-state index is 12.7. The summed E-state index contributed by atoms with van der Waals surface area (Å²) in [6.07, 6.45) is -4.30. The van der Waals surface area contributed by atoms with E-state index in [0.717, 1.165) is 22.5 Å². The minimum absolute atomic E-state index is 0.605. The van der Waals surface area contributed by atoms with Crippen LogP contribution in [0.1, 0.15) is 5.56 Å².